The highest BCUT2D eigenvalue weighted by molar-refractivity contribution is 5.91. The lowest BCUT2D eigenvalue weighted by Crippen LogP contribution is -2.23. The van der Waals surface area contributed by atoms with Gasteiger partial charge in [-0.1, -0.05) is 36.4 Å². The fourth-order valence-corrected chi connectivity index (χ4v) is 3.82. The van der Waals surface area contributed by atoms with Crippen LogP contribution in [-0.4, -0.2) is 30.0 Å². The largest absolute Gasteiger partial charge is 0.497 e. The summed E-state index contributed by atoms with van der Waals surface area (Å²) in [7, 11) is 3.31. The van der Waals surface area contributed by atoms with Crippen LogP contribution in [-0.2, 0) is 26.2 Å². The molecule has 1 N–H and O–H groups in total. The van der Waals surface area contributed by atoms with Gasteiger partial charge < -0.3 is 19.2 Å². The molecule has 2 aromatic heterocycles. The second-order valence-corrected chi connectivity index (χ2v) is 8.08. The number of carbonyl (C=O) groups is 1. The lowest BCUT2D eigenvalue weighted by molar-refractivity contribution is 0.0918. The van der Waals surface area contributed by atoms with Crippen LogP contribution in [0.5, 0.6) is 11.5 Å². The van der Waals surface area contributed by atoms with Crippen LogP contribution >= 0.6 is 0 Å². The van der Waals surface area contributed by atoms with E-state index in [1.165, 1.54) is 5.56 Å². The Morgan fingerprint density at radius 1 is 0.914 bits per heavy atom. The van der Waals surface area contributed by atoms with Gasteiger partial charge in [-0.3, -0.25) is 14.7 Å². The molecule has 0 saturated carbocycles. The Kier molecular flexibility index (Phi) is 8.14. The maximum Gasteiger partial charge on any atom is 0.287 e. The van der Waals surface area contributed by atoms with Crippen molar-refractivity contribution in [2.75, 3.05) is 14.2 Å². The normalized spacial score (nSPS) is 10.8. The summed E-state index contributed by atoms with van der Waals surface area (Å²) in [5.74, 6) is 2.26. The van der Waals surface area contributed by atoms with E-state index in [0.717, 1.165) is 22.8 Å². The zero-order valence-electron chi connectivity index (χ0n) is 19.9. The minimum absolute atomic E-state index is 0.272. The summed E-state index contributed by atoms with van der Waals surface area (Å²) in [6, 6.07) is 25.1. The first-order valence-corrected chi connectivity index (χ1v) is 11.4. The SMILES string of the molecule is COc1ccc(OC)c(CN(Cc2ccccc2)Cc2ccc(C(=O)NCc3ccccn3)o2)c1. The summed E-state index contributed by atoms with van der Waals surface area (Å²) in [5, 5.41) is 2.85. The molecule has 4 aromatic rings. The zero-order chi connectivity index (χ0) is 24.5. The molecule has 180 valence electrons. The molecule has 0 unspecified atom stereocenters. The van der Waals surface area contributed by atoms with Gasteiger partial charge in [0.2, 0.25) is 0 Å². The minimum atomic E-state index is -0.272. The summed E-state index contributed by atoms with van der Waals surface area (Å²) in [5.41, 5.74) is 2.96. The van der Waals surface area contributed by atoms with Crippen molar-refractivity contribution in [3.63, 3.8) is 0 Å². The number of furan rings is 1. The summed E-state index contributed by atoms with van der Waals surface area (Å²) < 4.78 is 16.9. The van der Waals surface area contributed by atoms with E-state index >= 15 is 0 Å². The second-order valence-electron chi connectivity index (χ2n) is 8.08. The quantitative estimate of drug-likeness (QED) is 0.338. The van der Waals surface area contributed by atoms with E-state index in [2.05, 4.69) is 27.3 Å². The number of ether oxygens (including phenoxy) is 2. The van der Waals surface area contributed by atoms with Crippen LogP contribution in [0.3, 0.4) is 0 Å². The molecule has 35 heavy (non-hydrogen) atoms. The molecular formula is C28H29N3O4. The number of methoxy groups -OCH3 is 2. The van der Waals surface area contributed by atoms with E-state index in [9.17, 15) is 4.79 Å². The van der Waals surface area contributed by atoms with E-state index in [-0.39, 0.29) is 11.7 Å². The summed E-state index contributed by atoms with van der Waals surface area (Å²) in [6.07, 6.45) is 1.70. The Bertz CT molecular complexity index is 1230. The van der Waals surface area contributed by atoms with Crippen LogP contribution in [0.15, 0.2) is 89.5 Å². The van der Waals surface area contributed by atoms with E-state index in [4.69, 9.17) is 13.9 Å². The maximum absolute atomic E-state index is 12.6. The van der Waals surface area contributed by atoms with Crippen molar-refractivity contribution in [3.05, 3.63) is 113 Å². The summed E-state index contributed by atoms with van der Waals surface area (Å²) in [6.45, 7) is 2.16. The van der Waals surface area contributed by atoms with Crippen molar-refractivity contribution in [3.8, 4) is 11.5 Å². The first kappa shape index (κ1) is 24.0. The molecule has 7 heteroatoms. The highest BCUT2D eigenvalue weighted by Crippen LogP contribution is 2.27. The van der Waals surface area contributed by atoms with Gasteiger partial charge in [0.05, 0.1) is 33.0 Å². The molecule has 0 saturated heterocycles. The Hall–Kier alpha value is -4.10. The number of benzene rings is 2. The number of nitrogens with zero attached hydrogens (tertiary/aromatic N) is 2. The van der Waals surface area contributed by atoms with Crippen molar-refractivity contribution in [2.24, 2.45) is 0 Å². The van der Waals surface area contributed by atoms with Crippen LogP contribution in [0.1, 0.15) is 33.1 Å². The molecule has 2 aromatic carbocycles. The van der Waals surface area contributed by atoms with E-state index in [0.29, 0.717) is 31.9 Å². The summed E-state index contributed by atoms with van der Waals surface area (Å²) in [4.78, 5) is 19.0. The smallest absolute Gasteiger partial charge is 0.287 e. The third-order valence-corrected chi connectivity index (χ3v) is 5.55. The van der Waals surface area contributed by atoms with Gasteiger partial charge in [0, 0.05) is 24.8 Å². The monoisotopic (exact) mass is 471 g/mol. The van der Waals surface area contributed by atoms with Crippen molar-refractivity contribution < 1.29 is 18.7 Å². The molecule has 0 radical (unpaired) electrons. The number of carbonyl (C=O) groups excluding carboxylic acids is 1. The van der Waals surface area contributed by atoms with E-state index in [1.54, 1.807) is 26.5 Å². The molecule has 0 aliphatic rings. The molecule has 7 nitrogen and oxygen atoms in total. The van der Waals surface area contributed by atoms with E-state index in [1.807, 2.05) is 60.7 Å². The number of hydrogen-bond donors (Lipinski definition) is 1. The molecule has 2 heterocycles. The predicted octanol–water partition coefficient (Wildman–Crippen LogP) is 4.82. The highest BCUT2D eigenvalue weighted by Gasteiger charge is 2.16. The molecule has 4 rings (SSSR count). The number of nitrogens with one attached hydrogen (secondary N) is 1. The molecular weight excluding hydrogens is 442 g/mol. The number of rotatable bonds is 11. The van der Waals surface area contributed by atoms with Gasteiger partial charge in [0.1, 0.15) is 17.3 Å². The first-order valence-electron chi connectivity index (χ1n) is 11.4. The van der Waals surface area contributed by atoms with Crippen LogP contribution < -0.4 is 14.8 Å². The fourth-order valence-electron chi connectivity index (χ4n) is 3.82. The van der Waals surface area contributed by atoms with Crippen LogP contribution in [0.4, 0.5) is 0 Å². The van der Waals surface area contributed by atoms with Gasteiger partial charge in [-0.05, 0) is 48.0 Å². The average molecular weight is 472 g/mol. The number of hydrogen-bond acceptors (Lipinski definition) is 6. The highest BCUT2D eigenvalue weighted by atomic mass is 16.5. The van der Waals surface area contributed by atoms with Gasteiger partial charge >= 0.3 is 0 Å². The van der Waals surface area contributed by atoms with Crippen molar-refractivity contribution in [2.45, 2.75) is 26.2 Å². The van der Waals surface area contributed by atoms with Gasteiger partial charge in [0.25, 0.3) is 5.91 Å². The van der Waals surface area contributed by atoms with Crippen LogP contribution in [0.2, 0.25) is 0 Å². The average Bonchev–Trinajstić information content (AvgIpc) is 3.37. The molecule has 0 aliphatic carbocycles. The fraction of sp³-hybridized carbons (Fsp3) is 0.214. The van der Waals surface area contributed by atoms with Crippen molar-refractivity contribution >= 4 is 5.91 Å². The van der Waals surface area contributed by atoms with Crippen LogP contribution in [0, 0.1) is 0 Å². The number of aromatic nitrogens is 1. The molecule has 0 fully saturated rings. The Morgan fingerprint density at radius 3 is 2.49 bits per heavy atom. The molecule has 0 spiro atoms. The molecule has 0 aliphatic heterocycles. The lowest BCUT2D eigenvalue weighted by atomic mass is 10.1. The van der Waals surface area contributed by atoms with Crippen LogP contribution in [0.25, 0.3) is 0 Å². The standard InChI is InChI=1S/C28H29N3O4/c1-33-24-11-13-26(34-2)22(16-24)19-31(18-21-8-4-3-5-9-21)20-25-12-14-27(35-25)28(32)30-17-23-10-6-7-15-29-23/h3-16H,17-20H2,1-2H3,(H,30,32). The van der Waals surface area contributed by atoms with Crippen molar-refractivity contribution in [1.82, 2.24) is 15.2 Å². The minimum Gasteiger partial charge on any atom is -0.497 e. The topological polar surface area (TPSA) is 76.8 Å². The lowest BCUT2D eigenvalue weighted by Gasteiger charge is -2.23. The van der Waals surface area contributed by atoms with Crippen molar-refractivity contribution in [1.29, 1.82) is 0 Å². The number of pyridine rings is 1. The Balaban J connectivity index is 1.48. The second kappa shape index (κ2) is 11.9. The zero-order valence-corrected chi connectivity index (χ0v) is 19.9. The van der Waals surface area contributed by atoms with Gasteiger partial charge in [-0.2, -0.15) is 0 Å². The van der Waals surface area contributed by atoms with Gasteiger partial charge in [-0.15, -0.1) is 0 Å². The van der Waals surface area contributed by atoms with E-state index < -0.39 is 0 Å². The number of amides is 1. The first-order chi connectivity index (χ1) is 17.1. The molecule has 0 bridgehead atoms. The molecule has 0 atom stereocenters. The molecule has 1 amide bonds. The predicted molar refractivity (Wildman–Crippen MR) is 133 cm³/mol. The van der Waals surface area contributed by atoms with Gasteiger partial charge in [0.15, 0.2) is 5.76 Å². The third-order valence-electron chi connectivity index (χ3n) is 5.55. The van der Waals surface area contributed by atoms with Gasteiger partial charge in [-0.25, -0.2) is 0 Å². The Morgan fingerprint density at radius 2 is 1.74 bits per heavy atom. The third kappa shape index (κ3) is 6.71. The summed E-state index contributed by atoms with van der Waals surface area (Å²) >= 11 is 0. The Labute approximate surface area is 205 Å². The maximum atomic E-state index is 12.6.